The summed E-state index contributed by atoms with van der Waals surface area (Å²) in [5, 5.41) is 0.498. The van der Waals surface area contributed by atoms with Crippen LogP contribution in [-0.2, 0) is 10.0 Å². The lowest BCUT2D eigenvalue weighted by molar-refractivity contribution is 0.0978. The zero-order chi connectivity index (χ0) is 22.6. The molecule has 0 aliphatic rings. The Balaban J connectivity index is 2.17. The molecule has 0 spiro atoms. The number of nitrogens with one attached hydrogen (secondary N) is 1. The van der Waals surface area contributed by atoms with Crippen LogP contribution in [0, 0.1) is 5.82 Å². The van der Waals surface area contributed by atoms with Crippen LogP contribution in [0.3, 0.4) is 0 Å². The molecule has 0 atom stereocenters. The standard InChI is InChI=1S/C21H18ClFN2O5S/c1-3-29-21-15(5-4-10-24-21)16-11-17(20(26)25-31(2,27)28)18(23)12-19(16)30-14-8-6-13(22)7-9-14/h4-12H,3H2,1-2H3,(H,25,26). The largest absolute Gasteiger partial charge is 0.478 e. The first-order valence-electron chi connectivity index (χ1n) is 9.05. The summed E-state index contributed by atoms with van der Waals surface area (Å²) in [7, 11) is -3.89. The molecule has 1 N–H and O–H groups in total. The van der Waals surface area contributed by atoms with Gasteiger partial charge >= 0.3 is 0 Å². The van der Waals surface area contributed by atoms with Crippen molar-refractivity contribution < 1.29 is 27.1 Å². The molecule has 0 bridgehead atoms. The minimum atomic E-state index is -3.89. The van der Waals surface area contributed by atoms with Gasteiger partial charge in [-0.2, -0.15) is 0 Å². The van der Waals surface area contributed by atoms with Gasteiger partial charge in [0.25, 0.3) is 5.91 Å². The predicted molar refractivity (Wildman–Crippen MR) is 115 cm³/mol. The molecule has 1 amide bonds. The van der Waals surface area contributed by atoms with E-state index in [1.54, 1.807) is 48.0 Å². The van der Waals surface area contributed by atoms with Crippen LogP contribution in [0.15, 0.2) is 54.7 Å². The second kappa shape index (κ2) is 9.32. The fourth-order valence-electron chi connectivity index (χ4n) is 2.72. The zero-order valence-corrected chi connectivity index (χ0v) is 18.1. The molecule has 3 aromatic rings. The highest BCUT2D eigenvalue weighted by Gasteiger charge is 2.22. The average molecular weight is 465 g/mol. The molecule has 0 unspecified atom stereocenters. The third kappa shape index (κ3) is 5.71. The number of hydrogen-bond donors (Lipinski definition) is 1. The van der Waals surface area contributed by atoms with E-state index in [9.17, 15) is 17.6 Å². The van der Waals surface area contributed by atoms with Crippen LogP contribution in [0.25, 0.3) is 11.1 Å². The first-order valence-corrected chi connectivity index (χ1v) is 11.3. The lowest BCUT2D eigenvalue weighted by atomic mass is 10.0. The Kier molecular flexibility index (Phi) is 6.77. The van der Waals surface area contributed by atoms with Crippen LogP contribution in [0.1, 0.15) is 17.3 Å². The number of carbonyl (C=O) groups excluding carboxylic acids is 1. The van der Waals surface area contributed by atoms with Gasteiger partial charge in [0.2, 0.25) is 15.9 Å². The van der Waals surface area contributed by atoms with Crippen molar-refractivity contribution in [3.8, 4) is 28.5 Å². The quantitative estimate of drug-likeness (QED) is 0.556. The molecule has 162 valence electrons. The number of sulfonamides is 1. The van der Waals surface area contributed by atoms with Crippen LogP contribution in [-0.4, -0.2) is 32.2 Å². The Morgan fingerprint density at radius 2 is 1.87 bits per heavy atom. The van der Waals surface area contributed by atoms with Gasteiger partial charge in [-0.1, -0.05) is 11.6 Å². The van der Waals surface area contributed by atoms with E-state index < -0.39 is 27.3 Å². The van der Waals surface area contributed by atoms with Crippen LogP contribution >= 0.6 is 11.6 Å². The number of nitrogens with zero attached hydrogens (tertiary/aromatic N) is 1. The zero-order valence-electron chi connectivity index (χ0n) is 16.6. The summed E-state index contributed by atoms with van der Waals surface area (Å²) >= 11 is 5.90. The van der Waals surface area contributed by atoms with Gasteiger partial charge in [-0.3, -0.25) is 4.79 Å². The van der Waals surface area contributed by atoms with Crippen LogP contribution < -0.4 is 14.2 Å². The highest BCUT2D eigenvalue weighted by atomic mass is 35.5. The fourth-order valence-corrected chi connectivity index (χ4v) is 3.30. The van der Waals surface area contributed by atoms with E-state index in [0.29, 0.717) is 22.9 Å². The molecule has 7 nitrogen and oxygen atoms in total. The molecule has 1 aromatic heterocycles. The Labute approximate surface area is 183 Å². The van der Waals surface area contributed by atoms with E-state index in [4.69, 9.17) is 21.1 Å². The third-order valence-corrected chi connectivity index (χ3v) is 4.78. The summed E-state index contributed by atoms with van der Waals surface area (Å²) < 4.78 is 50.8. The number of hydrogen-bond acceptors (Lipinski definition) is 6. The highest BCUT2D eigenvalue weighted by molar-refractivity contribution is 7.89. The van der Waals surface area contributed by atoms with E-state index in [0.717, 1.165) is 12.3 Å². The second-order valence-corrected chi connectivity index (χ2v) is 8.56. The topological polar surface area (TPSA) is 94.6 Å². The fraction of sp³-hybridized carbons (Fsp3) is 0.143. The number of benzene rings is 2. The Bertz CT molecular complexity index is 1220. The summed E-state index contributed by atoms with van der Waals surface area (Å²) in [5.74, 6) is -1.38. The summed E-state index contributed by atoms with van der Waals surface area (Å²) in [5.41, 5.74) is 0.239. The van der Waals surface area contributed by atoms with Crippen molar-refractivity contribution in [2.75, 3.05) is 12.9 Å². The number of halogens is 2. The maximum absolute atomic E-state index is 14.8. The van der Waals surface area contributed by atoms with Crippen molar-refractivity contribution >= 4 is 27.5 Å². The molecule has 2 aromatic carbocycles. The van der Waals surface area contributed by atoms with E-state index in [2.05, 4.69) is 4.98 Å². The number of aromatic nitrogens is 1. The monoisotopic (exact) mass is 464 g/mol. The van der Waals surface area contributed by atoms with Gasteiger partial charge in [-0.25, -0.2) is 22.5 Å². The molecule has 31 heavy (non-hydrogen) atoms. The van der Waals surface area contributed by atoms with Crippen molar-refractivity contribution in [3.05, 3.63) is 71.1 Å². The predicted octanol–water partition coefficient (Wildman–Crippen LogP) is 4.42. The summed E-state index contributed by atoms with van der Waals surface area (Å²) in [6.45, 7) is 2.10. The highest BCUT2D eigenvalue weighted by Crippen LogP contribution is 2.39. The lowest BCUT2D eigenvalue weighted by Crippen LogP contribution is -2.30. The Morgan fingerprint density at radius 1 is 1.16 bits per heavy atom. The molecule has 0 radical (unpaired) electrons. The molecule has 0 fully saturated rings. The Morgan fingerprint density at radius 3 is 2.52 bits per heavy atom. The molecule has 1 heterocycles. The van der Waals surface area contributed by atoms with E-state index >= 15 is 0 Å². The van der Waals surface area contributed by atoms with E-state index in [-0.39, 0.29) is 17.2 Å². The lowest BCUT2D eigenvalue weighted by Gasteiger charge is -2.16. The first kappa shape index (κ1) is 22.5. The van der Waals surface area contributed by atoms with Crippen molar-refractivity contribution in [2.45, 2.75) is 6.92 Å². The van der Waals surface area contributed by atoms with Gasteiger partial charge in [-0.05, 0) is 49.4 Å². The average Bonchev–Trinajstić information content (AvgIpc) is 2.69. The number of pyridine rings is 1. The van der Waals surface area contributed by atoms with Gasteiger partial charge in [0, 0.05) is 28.4 Å². The first-order chi connectivity index (χ1) is 14.7. The Hall–Kier alpha value is -3.17. The maximum atomic E-state index is 14.8. The maximum Gasteiger partial charge on any atom is 0.267 e. The molecule has 0 aliphatic carbocycles. The number of carbonyl (C=O) groups is 1. The SMILES string of the molecule is CCOc1ncccc1-c1cc(C(=O)NS(C)(=O)=O)c(F)cc1Oc1ccc(Cl)cc1. The number of rotatable bonds is 7. The van der Waals surface area contributed by atoms with Gasteiger partial charge < -0.3 is 9.47 Å². The summed E-state index contributed by atoms with van der Waals surface area (Å²) in [6, 6.07) is 11.9. The molecule has 0 aliphatic heterocycles. The third-order valence-electron chi connectivity index (χ3n) is 3.98. The van der Waals surface area contributed by atoms with E-state index in [1.807, 2.05) is 0 Å². The molecule has 0 saturated heterocycles. The number of amides is 1. The van der Waals surface area contributed by atoms with Crippen molar-refractivity contribution in [3.63, 3.8) is 0 Å². The van der Waals surface area contributed by atoms with Gasteiger partial charge in [0.1, 0.15) is 17.3 Å². The summed E-state index contributed by atoms with van der Waals surface area (Å²) in [4.78, 5) is 16.5. The van der Waals surface area contributed by atoms with Crippen molar-refractivity contribution in [1.82, 2.24) is 9.71 Å². The molecule has 3 rings (SSSR count). The van der Waals surface area contributed by atoms with Gasteiger partial charge in [0.05, 0.1) is 18.4 Å². The normalized spacial score (nSPS) is 11.1. The second-order valence-electron chi connectivity index (χ2n) is 6.38. The van der Waals surface area contributed by atoms with Crippen molar-refractivity contribution in [2.24, 2.45) is 0 Å². The van der Waals surface area contributed by atoms with Crippen molar-refractivity contribution in [1.29, 1.82) is 0 Å². The number of ether oxygens (including phenoxy) is 2. The van der Waals surface area contributed by atoms with Gasteiger partial charge in [0.15, 0.2) is 0 Å². The minimum Gasteiger partial charge on any atom is -0.478 e. The molecular formula is C21H18ClFN2O5S. The van der Waals surface area contributed by atoms with E-state index in [1.165, 1.54) is 12.3 Å². The smallest absolute Gasteiger partial charge is 0.267 e. The van der Waals surface area contributed by atoms with Crippen LogP contribution in [0.4, 0.5) is 4.39 Å². The van der Waals surface area contributed by atoms with Gasteiger partial charge in [-0.15, -0.1) is 0 Å². The molecule has 10 heteroatoms. The van der Waals surface area contributed by atoms with Crippen LogP contribution in [0.5, 0.6) is 17.4 Å². The summed E-state index contributed by atoms with van der Waals surface area (Å²) in [6.07, 6.45) is 2.32. The minimum absolute atomic E-state index is 0.0738. The van der Waals surface area contributed by atoms with Crippen LogP contribution in [0.2, 0.25) is 5.02 Å². The molecular weight excluding hydrogens is 447 g/mol. The molecule has 0 saturated carbocycles.